The molecule has 176 valence electrons. The van der Waals surface area contributed by atoms with Gasteiger partial charge in [-0.25, -0.2) is 8.61 Å². The lowest BCUT2D eigenvalue weighted by molar-refractivity contribution is -0.144. The lowest BCUT2D eigenvalue weighted by atomic mass is 10.2. The van der Waals surface area contributed by atoms with E-state index in [-0.39, 0.29) is 0 Å². The minimum Gasteiger partial charge on any atom is -0.480 e. The molecule has 0 spiro atoms. The van der Waals surface area contributed by atoms with Gasteiger partial charge in [-0.2, -0.15) is 0 Å². The number of carbonyl (C=O) groups is 2. The molecule has 0 radical (unpaired) electrons. The number of hydrogen-bond donors (Lipinski definition) is 4. The van der Waals surface area contributed by atoms with Gasteiger partial charge in [0.1, 0.15) is 23.6 Å². The van der Waals surface area contributed by atoms with Gasteiger partial charge in [0.05, 0.1) is 22.0 Å². The quantitative estimate of drug-likeness (QED) is 0.406. The zero-order valence-electron chi connectivity index (χ0n) is 17.5. The van der Waals surface area contributed by atoms with E-state index in [0.717, 1.165) is 0 Å². The van der Waals surface area contributed by atoms with Crippen molar-refractivity contribution >= 4 is 35.8 Å². The number of hydrogen-bond acceptors (Lipinski definition) is 9. The number of aliphatic carboxylic acids is 2. The molecule has 2 fully saturated rings. The topological polar surface area (TPSA) is 131 Å². The molecule has 0 aliphatic carbocycles. The van der Waals surface area contributed by atoms with Crippen LogP contribution in [0.25, 0.3) is 0 Å². The van der Waals surface area contributed by atoms with E-state index >= 15 is 0 Å². The summed E-state index contributed by atoms with van der Waals surface area (Å²) in [5.74, 6) is -1.13. The molecule has 2 aromatic carbocycles. The number of ether oxygens (including phenoxy) is 1. The molecule has 11 heteroatoms. The summed E-state index contributed by atoms with van der Waals surface area (Å²) in [7, 11) is 0. The molecule has 33 heavy (non-hydrogen) atoms. The highest BCUT2D eigenvalue weighted by Gasteiger charge is 2.40. The molecule has 9 nitrogen and oxygen atoms in total. The van der Waals surface area contributed by atoms with Crippen LogP contribution in [-0.4, -0.2) is 78.4 Å². The van der Waals surface area contributed by atoms with Crippen LogP contribution in [0, 0.1) is 0 Å². The minimum absolute atomic E-state index is 0.374. The first kappa shape index (κ1) is 23.9. The maximum absolute atomic E-state index is 11.6. The van der Waals surface area contributed by atoms with E-state index < -0.39 is 36.2 Å². The van der Waals surface area contributed by atoms with E-state index in [0.29, 0.717) is 47.2 Å². The Kier molecular flexibility index (Phi) is 7.47. The molecule has 2 saturated heterocycles. The summed E-state index contributed by atoms with van der Waals surface area (Å²) >= 11 is 2.44. The van der Waals surface area contributed by atoms with Gasteiger partial charge in [0.25, 0.3) is 0 Å². The highest BCUT2D eigenvalue weighted by atomic mass is 32.2. The van der Waals surface area contributed by atoms with E-state index in [1.807, 2.05) is 24.3 Å². The summed E-state index contributed by atoms with van der Waals surface area (Å²) in [6, 6.07) is 12.4. The SMILES string of the molecule is O=C(O)[C@@H]1[C@@H](O)CCN1Sc1ccccc1Oc1ccccc1SN1CC[C@H](O)[C@H]1C(=O)O. The van der Waals surface area contributed by atoms with E-state index in [1.54, 1.807) is 32.9 Å². The fraction of sp³-hybridized carbons (Fsp3) is 0.364. The van der Waals surface area contributed by atoms with Crippen LogP contribution < -0.4 is 4.74 Å². The molecule has 4 rings (SSSR count). The average molecular weight is 493 g/mol. The number of benzene rings is 2. The molecule has 0 amide bonds. The maximum Gasteiger partial charge on any atom is 0.324 e. The predicted molar refractivity (Wildman–Crippen MR) is 122 cm³/mol. The number of rotatable bonds is 8. The van der Waals surface area contributed by atoms with Crippen molar-refractivity contribution in [2.24, 2.45) is 0 Å². The fourth-order valence-corrected chi connectivity index (χ4v) is 6.13. The Labute approximate surface area is 199 Å². The lowest BCUT2D eigenvalue weighted by Gasteiger charge is -2.23. The van der Waals surface area contributed by atoms with Gasteiger partial charge in [0.2, 0.25) is 0 Å². The zero-order chi connectivity index (χ0) is 23.5. The first-order valence-corrected chi connectivity index (χ1v) is 12.0. The van der Waals surface area contributed by atoms with Crippen LogP contribution in [0.1, 0.15) is 12.8 Å². The monoisotopic (exact) mass is 492 g/mol. The first-order valence-electron chi connectivity index (χ1n) is 10.4. The Morgan fingerprint density at radius 1 is 0.758 bits per heavy atom. The lowest BCUT2D eigenvalue weighted by Crippen LogP contribution is -2.38. The van der Waals surface area contributed by atoms with Crippen LogP contribution in [-0.2, 0) is 9.59 Å². The van der Waals surface area contributed by atoms with Gasteiger partial charge >= 0.3 is 11.9 Å². The van der Waals surface area contributed by atoms with Crippen LogP contribution in [0.2, 0.25) is 0 Å². The largest absolute Gasteiger partial charge is 0.480 e. The second-order valence-corrected chi connectivity index (χ2v) is 9.92. The Balaban J connectivity index is 1.54. The Morgan fingerprint density at radius 3 is 1.55 bits per heavy atom. The molecular weight excluding hydrogens is 468 g/mol. The maximum atomic E-state index is 11.6. The van der Waals surface area contributed by atoms with Crippen molar-refractivity contribution in [3.05, 3.63) is 48.5 Å². The van der Waals surface area contributed by atoms with E-state index in [2.05, 4.69) is 0 Å². The van der Waals surface area contributed by atoms with E-state index in [1.165, 1.54) is 23.9 Å². The van der Waals surface area contributed by atoms with Gasteiger partial charge in [-0.15, -0.1) is 0 Å². The standard InChI is InChI=1S/C22H24N2O7S2/c25-13-9-11-23(19(13)21(27)28)32-17-7-3-1-5-15(17)31-16-6-2-4-8-18(16)33-24-12-10-14(26)20(24)22(29)30/h1-8,13-14,19-20,25-26H,9-12H2,(H,27,28)(H,29,30)/t13-,14-,19-,20-/m0/s1. The van der Waals surface area contributed by atoms with Gasteiger partial charge in [0, 0.05) is 13.1 Å². The molecule has 0 saturated carbocycles. The van der Waals surface area contributed by atoms with Gasteiger partial charge in [0.15, 0.2) is 0 Å². The van der Waals surface area contributed by atoms with E-state index in [9.17, 15) is 30.0 Å². The van der Waals surface area contributed by atoms with Gasteiger partial charge < -0.3 is 25.2 Å². The third-order valence-corrected chi connectivity index (χ3v) is 7.85. The highest BCUT2D eigenvalue weighted by Crippen LogP contribution is 2.42. The molecule has 0 bridgehead atoms. The van der Waals surface area contributed by atoms with Crippen LogP contribution in [0.5, 0.6) is 11.5 Å². The van der Waals surface area contributed by atoms with Crippen LogP contribution in [0.3, 0.4) is 0 Å². The van der Waals surface area contributed by atoms with Crippen molar-refractivity contribution in [3.8, 4) is 11.5 Å². The number of carboxylic acid groups (broad SMARTS) is 2. The molecule has 2 heterocycles. The van der Waals surface area contributed by atoms with Gasteiger partial charge in [-0.1, -0.05) is 24.3 Å². The summed E-state index contributed by atoms with van der Waals surface area (Å²) in [5, 5.41) is 39.0. The van der Waals surface area contributed by atoms with Crippen molar-refractivity contribution in [2.75, 3.05) is 13.1 Å². The molecule has 0 unspecified atom stereocenters. The smallest absolute Gasteiger partial charge is 0.324 e. The van der Waals surface area contributed by atoms with Crippen LogP contribution in [0.15, 0.2) is 58.3 Å². The highest BCUT2D eigenvalue weighted by molar-refractivity contribution is 7.97. The summed E-state index contributed by atoms with van der Waals surface area (Å²) < 4.78 is 9.47. The Hall–Kier alpha value is -2.28. The van der Waals surface area contributed by atoms with Crippen LogP contribution >= 0.6 is 23.9 Å². The molecular formula is C22H24N2O7S2. The van der Waals surface area contributed by atoms with Crippen molar-refractivity contribution in [2.45, 2.75) is 46.9 Å². The van der Waals surface area contributed by atoms with Crippen molar-refractivity contribution < 1.29 is 34.8 Å². The predicted octanol–water partition coefficient (Wildman–Crippen LogP) is 2.53. The molecule has 2 aliphatic heterocycles. The molecule has 4 N–H and O–H groups in total. The Bertz CT molecular complexity index is 944. The second kappa shape index (κ2) is 10.3. The van der Waals surface area contributed by atoms with Crippen molar-refractivity contribution in [1.82, 2.24) is 8.61 Å². The number of aliphatic hydroxyl groups is 2. The first-order chi connectivity index (χ1) is 15.8. The second-order valence-electron chi connectivity index (χ2n) is 7.74. The minimum atomic E-state index is -1.08. The third kappa shape index (κ3) is 5.29. The molecule has 2 aromatic rings. The third-order valence-electron chi connectivity index (χ3n) is 5.50. The summed E-state index contributed by atoms with van der Waals surface area (Å²) in [4.78, 5) is 24.5. The summed E-state index contributed by atoms with van der Waals surface area (Å²) in [6.07, 6.45) is -1.12. The zero-order valence-corrected chi connectivity index (χ0v) is 19.1. The van der Waals surface area contributed by atoms with Gasteiger partial charge in [-0.05, 0) is 61.0 Å². The normalized spacial score (nSPS) is 25.9. The molecule has 4 atom stereocenters. The van der Waals surface area contributed by atoms with E-state index in [4.69, 9.17) is 4.74 Å². The van der Waals surface area contributed by atoms with Crippen molar-refractivity contribution in [1.29, 1.82) is 0 Å². The summed E-state index contributed by atoms with van der Waals surface area (Å²) in [6.45, 7) is 0.856. The number of aliphatic hydroxyl groups excluding tert-OH is 2. The number of carboxylic acids is 2. The fourth-order valence-electron chi connectivity index (χ4n) is 3.87. The summed E-state index contributed by atoms with van der Waals surface area (Å²) in [5.41, 5.74) is 0. The number of para-hydroxylation sites is 2. The molecule has 2 aliphatic rings. The molecule has 0 aromatic heterocycles. The van der Waals surface area contributed by atoms with Gasteiger partial charge in [-0.3, -0.25) is 9.59 Å². The number of nitrogens with zero attached hydrogens (tertiary/aromatic N) is 2. The van der Waals surface area contributed by atoms with Crippen molar-refractivity contribution in [3.63, 3.8) is 0 Å². The average Bonchev–Trinajstić information content (AvgIpc) is 3.32. The van der Waals surface area contributed by atoms with Crippen LogP contribution in [0.4, 0.5) is 0 Å². The Morgan fingerprint density at radius 2 is 1.15 bits per heavy atom.